The topological polar surface area (TPSA) is 94.0 Å². The van der Waals surface area contributed by atoms with Gasteiger partial charge in [-0.1, -0.05) is 11.8 Å². The summed E-state index contributed by atoms with van der Waals surface area (Å²) in [5, 5.41) is 16.6. The first-order chi connectivity index (χ1) is 8.99. The molecule has 0 fully saturated rings. The van der Waals surface area contributed by atoms with Crippen LogP contribution in [0.5, 0.6) is 0 Å². The van der Waals surface area contributed by atoms with Crippen molar-refractivity contribution in [3.8, 4) is 5.69 Å². The van der Waals surface area contributed by atoms with Gasteiger partial charge in [0, 0.05) is 0 Å². The zero-order chi connectivity index (χ0) is 14.0. The van der Waals surface area contributed by atoms with Crippen LogP contribution in [0.2, 0.25) is 0 Å². The first kappa shape index (κ1) is 13.3. The van der Waals surface area contributed by atoms with Crippen molar-refractivity contribution in [3.63, 3.8) is 0 Å². The predicted octanol–water partition coefficient (Wildman–Crippen LogP) is 1.47. The van der Waals surface area contributed by atoms with Gasteiger partial charge in [-0.15, -0.1) is 10.2 Å². The molecule has 0 saturated heterocycles. The number of aryl methyl sites for hydroxylation is 1. The van der Waals surface area contributed by atoms with Crippen molar-refractivity contribution in [1.82, 2.24) is 14.8 Å². The third-order valence-electron chi connectivity index (χ3n) is 2.38. The highest BCUT2D eigenvalue weighted by molar-refractivity contribution is 7.99. The highest BCUT2D eigenvalue weighted by atomic mass is 32.2. The fourth-order valence-electron chi connectivity index (χ4n) is 1.60. The average Bonchev–Trinajstić information content (AvgIpc) is 2.68. The maximum atomic E-state index is 13.1. The summed E-state index contributed by atoms with van der Waals surface area (Å²) in [4.78, 5) is 10.6. The van der Waals surface area contributed by atoms with Gasteiger partial charge in [0.25, 0.3) is 0 Å². The van der Waals surface area contributed by atoms with Gasteiger partial charge in [-0.25, -0.2) is 4.39 Å². The summed E-state index contributed by atoms with van der Waals surface area (Å²) in [7, 11) is 0. The lowest BCUT2D eigenvalue weighted by Crippen LogP contribution is -2.06. The highest BCUT2D eigenvalue weighted by Crippen LogP contribution is 2.25. The Kier molecular flexibility index (Phi) is 3.70. The Morgan fingerprint density at radius 1 is 1.53 bits per heavy atom. The summed E-state index contributed by atoms with van der Waals surface area (Å²) in [6.07, 6.45) is 0. The number of thioether (sulfide) groups is 1. The van der Waals surface area contributed by atoms with Gasteiger partial charge < -0.3 is 10.8 Å². The second kappa shape index (κ2) is 5.27. The van der Waals surface area contributed by atoms with Crippen molar-refractivity contribution in [1.29, 1.82) is 0 Å². The molecule has 2 rings (SSSR count). The van der Waals surface area contributed by atoms with E-state index in [2.05, 4.69) is 10.2 Å². The molecule has 0 atom stereocenters. The molecule has 3 N–H and O–H groups in total. The average molecular weight is 282 g/mol. The maximum Gasteiger partial charge on any atom is 0.313 e. The van der Waals surface area contributed by atoms with E-state index in [4.69, 9.17) is 10.8 Å². The number of benzene rings is 1. The van der Waals surface area contributed by atoms with Gasteiger partial charge in [-0.3, -0.25) is 9.36 Å². The fourth-order valence-corrected chi connectivity index (χ4v) is 2.27. The third-order valence-corrected chi connectivity index (χ3v) is 3.30. The monoisotopic (exact) mass is 282 g/mol. The standard InChI is InChI=1S/C11H11FN4O2S/c1-6-4-7(12)2-3-8(6)16-10(13)14-15-11(16)19-5-9(17)18/h2-4H,5H2,1H3,(H2,13,14)(H,17,18). The summed E-state index contributed by atoms with van der Waals surface area (Å²) < 4.78 is 14.6. The Balaban J connectivity index is 2.43. The van der Waals surface area contributed by atoms with E-state index in [0.29, 0.717) is 16.4 Å². The van der Waals surface area contributed by atoms with E-state index in [1.165, 1.54) is 16.7 Å². The van der Waals surface area contributed by atoms with E-state index in [1.54, 1.807) is 13.0 Å². The van der Waals surface area contributed by atoms with Crippen molar-refractivity contribution in [3.05, 3.63) is 29.6 Å². The Morgan fingerprint density at radius 2 is 2.26 bits per heavy atom. The molecule has 0 spiro atoms. The molecule has 19 heavy (non-hydrogen) atoms. The van der Waals surface area contributed by atoms with Gasteiger partial charge >= 0.3 is 5.97 Å². The molecule has 1 heterocycles. The van der Waals surface area contributed by atoms with Crippen LogP contribution in [0, 0.1) is 12.7 Å². The SMILES string of the molecule is Cc1cc(F)ccc1-n1c(N)nnc1SCC(=O)O. The largest absolute Gasteiger partial charge is 0.481 e. The van der Waals surface area contributed by atoms with Gasteiger partial charge in [0.2, 0.25) is 5.95 Å². The van der Waals surface area contributed by atoms with Crippen LogP contribution in [0.3, 0.4) is 0 Å². The Bertz CT molecular complexity index is 629. The van der Waals surface area contributed by atoms with Crippen LogP contribution in [0.4, 0.5) is 10.3 Å². The number of hydrogen-bond acceptors (Lipinski definition) is 5. The number of carboxylic acids is 1. The smallest absolute Gasteiger partial charge is 0.313 e. The fraction of sp³-hybridized carbons (Fsp3) is 0.182. The second-order valence-corrected chi connectivity index (χ2v) is 4.73. The molecule has 100 valence electrons. The molecule has 1 aromatic heterocycles. The van der Waals surface area contributed by atoms with Crippen LogP contribution in [0.15, 0.2) is 23.4 Å². The number of halogens is 1. The summed E-state index contributed by atoms with van der Waals surface area (Å²) in [6.45, 7) is 1.73. The van der Waals surface area contributed by atoms with Gasteiger partial charge in [-0.05, 0) is 30.7 Å². The number of anilines is 1. The van der Waals surface area contributed by atoms with E-state index >= 15 is 0 Å². The lowest BCUT2D eigenvalue weighted by molar-refractivity contribution is -0.133. The lowest BCUT2D eigenvalue weighted by atomic mass is 10.2. The van der Waals surface area contributed by atoms with Crippen molar-refractivity contribution >= 4 is 23.7 Å². The second-order valence-electron chi connectivity index (χ2n) is 3.79. The molecule has 1 aromatic carbocycles. The Labute approximate surface area is 112 Å². The summed E-state index contributed by atoms with van der Waals surface area (Å²) in [5.41, 5.74) is 7.00. The number of carbonyl (C=O) groups is 1. The summed E-state index contributed by atoms with van der Waals surface area (Å²) in [6, 6.07) is 4.21. The number of rotatable bonds is 4. The van der Waals surface area contributed by atoms with Crippen molar-refractivity contribution in [2.45, 2.75) is 12.1 Å². The first-order valence-electron chi connectivity index (χ1n) is 5.31. The van der Waals surface area contributed by atoms with E-state index in [-0.39, 0.29) is 17.5 Å². The van der Waals surface area contributed by atoms with Gasteiger partial charge in [0.05, 0.1) is 11.4 Å². The molecule has 0 saturated carbocycles. The zero-order valence-corrected chi connectivity index (χ0v) is 10.8. The van der Waals surface area contributed by atoms with Crippen LogP contribution in [0.25, 0.3) is 5.69 Å². The van der Waals surface area contributed by atoms with Gasteiger partial charge in [0.1, 0.15) is 5.82 Å². The Hall–Kier alpha value is -2.09. The summed E-state index contributed by atoms with van der Waals surface area (Å²) >= 11 is 1.000. The molecule has 8 heteroatoms. The Morgan fingerprint density at radius 3 is 2.89 bits per heavy atom. The lowest BCUT2D eigenvalue weighted by Gasteiger charge is -2.10. The minimum Gasteiger partial charge on any atom is -0.481 e. The number of hydrogen-bond donors (Lipinski definition) is 2. The molecular formula is C11H11FN4O2S. The normalized spacial score (nSPS) is 10.6. The van der Waals surface area contributed by atoms with Crippen LogP contribution in [0.1, 0.15) is 5.56 Å². The number of nitrogens with zero attached hydrogens (tertiary/aromatic N) is 3. The van der Waals surface area contributed by atoms with Crippen LogP contribution in [-0.4, -0.2) is 31.6 Å². The van der Waals surface area contributed by atoms with E-state index in [0.717, 1.165) is 11.8 Å². The first-order valence-corrected chi connectivity index (χ1v) is 6.29. The number of aromatic nitrogens is 3. The molecule has 0 bridgehead atoms. The number of carboxylic acid groups (broad SMARTS) is 1. The minimum absolute atomic E-state index is 0.127. The number of nitrogen functional groups attached to an aromatic ring is 1. The highest BCUT2D eigenvalue weighted by Gasteiger charge is 2.15. The molecule has 2 aromatic rings. The third kappa shape index (κ3) is 2.84. The maximum absolute atomic E-state index is 13.1. The molecule has 0 unspecified atom stereocenters. The molecule has 0 radical (unpaired) electrons. The van der Waals surface area contributed by atoms with Gasteiger partial charge in [0.15, 0.2) is 5.16 Å². The number of aliphatic carboxylic acids is 1. The van der Waals surface area contributed by atoms with Crippen molar-refractivity contribution in [2.75, 3.05) is 11.5 Å². The minimum atomic E-state index is -0.964. The van der Waals surface area contributed by atoms with Crippen LogP contribution < -0.4 is 5.73 Å². The number of nitrogens with two attached hydrogens (primary N) is 1. The molecule has 0 aliphatic heterocycles. The van der Waals surface area contributed by atoms with Crippen molar-refractivity contribution < 1.29 is 14.3 Å². The van der Waals surface area contributed by atoms with E-state index in [1.807, 2.05) is 0 Å². The molecule has 0 amide bonds. The van der Waals surface area contributed by atoms with Crippen LogP contribution in [-0.2, 0) is 4.79 Å². The molecular weight excluding hydrogens is 271 g/mol. The van der Waals surface area contributed by atoms with E-state index in [9.17, 15) is 9.18 Å². The van der Waals surface area contributed by atoms with Crippen molar-refractivity contribution in [2.24, 2.45) is 0 Å². The molecule has 0 aliphatic carbocycles. The quantitative estimate of drug-likeness (QED) is 0.825. The zero-order valence-electron chi connectivity index (χ0n) is 10.00. The molecule has 6 nitrogen and oxygen atoms in total. The summed E-state index contributed by atoms with van der Waals surface area (Å²) in [5.74, 6) is -1.34. The predicted molar refractivity (Wildman–Crippen MR) is 68.8 cm³/mol. The van der Waals surface area contributed by atoms with Crippen LogP contribution >= 0.6 is 11.8 Å². The van der Waals surface area contributed by atoms with E-state index < -0.39 is 5.97 Å². The van der Waals surface area contributed by atoms with Gasteiger partial charge in [-0.2, -0.15) is 0 Å². The molecule has 0 aliphatic rings.